The van der Waals surface area contributed by atoms with Crippen LogP contribution in [-0.2, 0) is 0 Å². The van der Waals surface area contributed by atoms with Gasteiger partial charge in [0, 0.05) is 23.5 Å². The lowest BCUT2D eigenvalue weighted by Crippen LogP contribution is -2.18. The minimum Gasteiger partial charge on any atom is -0.504 e. The standard InChI is InChI=1S/C21H14F5N3O5.C13H8F3N3O2.C8H7F3O3/c1-32-16-7-11(34-21(24,25)26)3-5-15(16)33-17-9-28-8-14(23)18(17)20(31)29-10-2-4-13(22)12(6-10)19(27)30;14-8-2-1-6(3-7(8)12(17)20)19-13(21)11-9(15)4-18-5-10(11)16;1-13-7-4-5(2-3-6(7)12)14-8(9,10)11/h2-9H,1H3,(H2,27,30)(H,29,31);1-5H,(H2,17,20)(H,19,21);2-4,12H,1H3. The molecule has 0 radical (unpaired) electrons. The first-order valence-electron chi connectivity index (χ1n) is 18.3. The van der Waals surface area contributed by atoms with Crippen molar-refractivity contribution in [2.45, 2.75) is 12.7 Å². The number of nitrogens with one attached hydrogen (secondary N) is 2. The SMILES string of the molecule is COc1cc(OC(F)(F)F)ccc1O.COc1cc(OC(F)(F)F)ccc1Oc1cncc(F)c1C(=O)Nc1ccc(F)c(C(N)=O)c1.NC(=O)c1cc(NC(=O)c2c(F)cncc2F)ccc1F. The van der Waals surface area contributed by atoms with Crippen molar-refractivity contribution in [1.29, 1.82) is 0 Å². The monoisotopic (exact) mass is 986 g/mol. The molecule has 6 rings (SSSR count). The number of methoxy groups -OCH3 is 2. The fourth-order valence-electron chi connectivity index (χ4n) is 5.22. The zero-order chi connectivity index (χ0) is 51.4. The van der Waals surface area contributed by atoms with Crippen LogP contribution >= 0.6 is 0 Å². The van der Waals surface area contributed by atoms with Crippen LogP contribution in [0.1, 0.15) is 41.4 Å². The molecule has 364 valence electrons. The summed E-state index contributed by atoms with van der Waals surface area (Å²) in [6, 6.07) is 11.8. The van der Waals surface area contributed by atoms with Gasteiger partial charge in [-0.25, -0.2) is 22.0 Å². The molecule has 4 amide bonds. The molecule has 7 N–H and O–H groups in total. The number of amides is 4. The van der Waals surface area contributed by atoms with Gasteiger partial charge in [-0.2, -0.15) is 0 Å². The number of phenols is 1. The van der Waals surface area contributed by atoms with E-state index in [1.165, 1.54) is 7.11 Å². The van der Waals surface area contributed by atoms with Crippen LogP contribution in [-0.4, -0.2) is 65.6 Å². The second-order valence-corrected chi connectivity index (χ2v) is 12.8. The van der Waals surface area contributed by atoms with E-state index in [0.717, 1.165) is 92.3 Å². The van der Waals surface area contributed by atoms with Crippen LogP contribution in [0.3, 0.4) is 0 Å². The van der Waals surface area contributed by atoms with Gasteiger partial charge in [-0.05, 0) is 60.7 Å². The highest BCUT2D eigenvalue weighted by Gasteiger charge is 2.32. The number of hydrogen-bond donors (Lipinski definition) is 5. The van der Waals surface area contributed by atoms with Gasteiger partial charge in [0.2, 0.25) is 0 Å². The van der Waals surface area contributed by atoms with Gasteiger partial charge in [-0.3, -0.25) is 29.1 Å². The summed E-state index contributed by atoms with van der Waals surface area (Å²) in [5, 5.41) is 13.5. The molecular weight excluding hydrogens is 957 g/mol. The number of aromatic nitrogens is 2. The number of carbonyl (C=O) groups is 4. The van der Waals surface area contributed by atoms with Crippen LogP contribution in [0.15, 0.2) is 97.6 Å². The number of aromatic hydroxyl groups is 1. The van der Waals surface area contributed by atoms with Crippen LogP contribution in [0.25, 0.3) is 0 Å². The summed E-state index contributed by atoms with van der Waals surface area (Å²) in [5.74, 6) is -11.7. The quantitative estimate of drug-likeness (QED) is 0.0726. The number of anilines is 2. The van der Waals surface area contributed by atoms with E-state index in [0.29, 0.717) is 12.4 Å². The van der Waals surface area contributed by atoms with Gasteiger partial charge in [0.15, 0.2) is 46.2 Å². The Balaban J connectivity index is 0.000000251. The second-order valence-electron chi connectivity index (χ2n) is 12.8. The first-order valence-corrected chi connectivity index (χ1v) is 18.3. The highest BCUT2D eigenvalue weighted by Crippen LogP contribution is 2.38. The molecule has 0 aliphatic rings. The van der Waals surface area contributed by atoms with Gasteiger partial charge in [0.05, 0.1) is 50.1 Å². The van der Waals surface area contributed by atoms with Crippen molar-refractivity contribution >= 4 is 35.0 Å². The van der Waals surface area contributed by atoms with Gasteiger partial charge in [-0.15, -0.1) is 26.3 Å². The summed E-state index contributed by atoms with van der Waals surface area (Å²) in [5.41, 5.74) is 7.47. The Morgan fingerprint density at radius 2 is 0.942 bits per heavy atom. The minimum absolute atomic E-state index is 0.0363. The van der Waals surface area contributed by atoms with E-state index in [1.54, 1.807) is 0 Å². The van der Waals surface area contributed by atoms with E-state index in [9.17, 15) is 67.5 Å². The number of alkyl halides is 6. The normalized spacial score (nSPS) is 10.8. The average Bonchev–Trinajstić information content (AvgIpc) is 3.25. The first kappa shape index (κ1) is 52.7. The molecule has 27 heteroatoms. The largest absolute Gasteiger partial charge is 0.573 e. The van der Waals surface area contributed by atoms with Crippen molar-refractivity contribution in [1.82, 2.24) is 9.97 Å². The number of pyridine rings is 2. The number of nitrogens with zero attached hydrogens (tertiary/aromatic N) is 2. The molecule has 4 aromatic carbocycles. The van der Waals surface area contributed by atoms with Crippen molar-refractivity contribution in [3.63, 3.8) is 0 Å². The number of benzene rings is 4. The van der Waals surface area contributed by atoms with Crippen molar-refractivity contribution in [3.8, 4) is 40.2 Å². The van der Waals surface area contributed by atoms with Gasteiger partial charge >= 0.3 is 12.7 Å². The number of rotatable bonds is 12. The molecule has 2 heterocycles. The molecular formula is C42H29F11N6O10. The number of ether oxygens (including phenoxy) is 5. The van der Waals surface area contributed by atoms with E-state index in [-0.39, 0.29) is 34.4 Å². The number of nitrogens with two attached hydrogens (primary N) is 2. The molecule has 69 heavy (non-hydrogen) atoms. The maximum atomic E-state index is 14.5. The van der Waals surface area contributed by atoms with Gasteiger partial charge in [0.25, 0.3) is 23.6 Å². The molecule has 0 saturated carbocycles. The lowest BCUT2D eigenvalue weighted by molar-refractivity contribution is -0.275. The van der Waals surface area contributed by atoms with Gasteiger partial charge in [0.1, 0.15) is 34.3 Å². The number of carbonyl (C=O) groups excluding carboxylic acids is 4. The summed E-state index contributed by atoms with van der Waals surface area (Å²) in [4.78, 5) is 53.6. The lowest BCUT2D eigenvalue weighted by atomic mass is 10.1. The fourth-order valence-corrected chi connectivity index (χ4v) is 5.22. The number of hydrogen-bond acceptors (Lipinski definition) is 12. The number of primary amides is 2. The third kappa shape index (κ3) is 15.1. The molecule has 0 fully saturated rings. The van der Waals surface area contributed by atoms with Crippen molar-refractivity contribution < 1.29 is 96.3 Å². The molecule has 0 aliphatic heterocycles. The average molecular weight is 987 g/mol. The van der Waals surface area contributed by atoms with Gasteiger partial charge < -0.3 is 50.9 Å². The molecule has 2 aromatic heterocycles. The Morgan fingerprint density at radius 1 is 0.522 bits per heavy atom. The van der Waals surface area contributed by atoms with E-state index in [1.807, 2.05) is 0 Å². The van der Waals surface area contributed by atoms with Crippen LogP contribution in [0.2, 0.25) is 0 Å². The number of phenolic OH excluding ortho intramolecular Hbond substituents is 1. The van der Waals surface area contributed by atoms with Gasteiger partial charge in [-0.1, -0.05) is 0 Å². The maximum absolute atomic E-state index is 14.5. The van der Waals surface area contributed by atoms with Crippen LogP contribution in [0.5, 0.6) is 40.2 Å². The van der Waals surface area contributed by atoms with Crippen LogP contribution in [0, 0.1) is 29.1 Å². The van der Waals surface area contributed by atoms with E-state index in [2.05, 4.69) is 34.8 Å². The first-order chi connectivity index (χ1) is 32.3. The molecule has 0 bridgehead atoms. The molecule has 6 aromatic rings. The fraction of sp³-hybridized carbons (Fsp3) is 0.0952. The van der Waals surface area contributed by atoms with E-state index >= 15 is 0 Å². The smallest absolute Gasteiger partial charge is 0.504 e. The third-order valence-corrected chi connectivity index (χ3v) is 8.13. The number of halogens is 11. The van der Waals surface area contributed by atoms with E-state index in [4.69, 9.17) is 26.0 Å². The second kappa shape index (κ2) is 22.5. The lowest BCUT2D eigenvalue weighted by Gasteiger charge is -2.15. The summed E-state index contributed by atoms with van der Waals surface area (Å²) in [6.07, 6.45) is -6.63. The maximum Gasteiger partial charge on any atom is 0.573 e. The molecule has 16 nitrogen and oxygen atoms in total. The minimum atomic E-state index is -4.94. The zero-order valence-electron chi connectivity index (χ0n) is 34.6. The molecule has 0 spiro atoms. The Hall–Kier alpha value is -8.91. The summed E-state index contributed by atoms with van der Waals surface area (Å²) in [7, 11) is 2.37. The molecule has 0 saturated heterocycles. The summed E-state index contributed by atoms with van der Waals surface area (Å²) < 4.78 is 163. The Labute approximate surface area is 379 Å². The van der Waals surface area contributed by atoms with Crippen LogP contribution in [0.4, 0.5) is 59.7 Å². The summed E-state index contributed by atoms with van der Waals surface area (Å²) >= 11 is 0. The van der Waals surface area contributed by atoms with Crippen molar-refractivity contribution in [2.24, 2.45) is 11.5 Å². The molecule has 0 atom stereocenters. The topological polar surface area (TPSA) is 237 Å². The Morgan fingerprint density at radius 3 is 1.39 bits per heavy atom. The van der Waals surface area contributed by atoms with Crippen molar-refractivity contribution in [3.05, 3.63) is 149 Å². The van der Waals surface area contributed by atoms with E-state index < -0.39 is 105 Å². The predicted molar refractivity (Wildman–Crippen MR) is 215 cm³/mol. The van der Waals surface area contributed by atoms with Crippen LogP contribution < -0.4 is 45.8 Å². The Bertz CT molecular complexity index is 2850. The Kier molecular flexibility index (Phi) is 17.2. The highest BCUT2D eigenvalue weighted by molar-refractivity contribution is 6.07. The summed E-state index contributed by atoms with van der Waals surface area (Å²) in [6.45, 7) is 0. The highest BCUT2D eigenvalue weighted by atomic mass is 19.4. The molecule has 0 aliphatic carbocycles. The zero-order valence-corrected chi connectivity index (χ0v) is 34.6. The van der Waals surface area contributed by atoms with Crippen molar-refractivity contribution in [2.75, 3.05) is 24.9 Å². The molecule has 0 unspecified atom stereocenters. The third-order valence-electron chi connectivity index (χ3n) is 8.13. The predicted octanol–water partition coefficient (Wildman–Crippen LogP) is 8.56.